The van der Waals surface area contributed by atoms with Gasteiger partial charge in [-0.2, -0.15) is 0 Å². The SMILES string of the molecule is Cc1ccc(C)c2[nH]c(=O)c(CN(C[C@H]3CCCO3)C(=O)Nc3cccc(Cl)c3)cc12. The van der Waals surface area contributed by atoms with Gasteiger partial charge in [0.05, 0.1) is 18.2 Å². The first kappa shape index (κ1) is 21.4. The number of hydrogen-bond acceptors (Lipinski definition) is 3. The second-order valence-corrected chi connectivity index (χ2v) is 8.50. The third kappa shape index (κ3) is 4.92. The lowest BCUT2D eigenvalue weighted by atomic mass is 10.0. The van der Waals surface area contributed by atoms with E-state index in [4.69, 9.17) is 16.3 Å². The molecule has 3 aromatic rings. The van der Waals surface area contributed by atoms with E-state index in [1.165, 1.54) is 0 Å². The van der Waals surface area contributed by atoms with Crippen molar-refractivity contribution in [1.29, 1.82) is 0 Å². The van der Waals surface area contributed by atoms with E-state index in [0.29, 0.717) is 29.4 Å². The van der Waals surface area contributed by atoms with E-state index < -0.39 is 0 Å². The van der Waals surface area contributed by atoms with Gasteiger partial charge in [0, 0.05) is 34.8 Å². The average Bonchev–Trinajstić information content (AvgIpc) is 3.24. The number of urea groups is 1. The van der Waals surface area contributed by atoms with Gasteiger partial charge >= 0.3 is 6.03 Å². The normalized spacial score (nSPS) is 15.9. The molecule has 1 atom stereocenters. The zero-order chi connectivity index (χ0) is 22.0. The molecular weight excluding hydrogens is 414 g/mol. The van der Waals surface area contributed by atoms with Crippen molar-refractivity contribution in [3.8, 4) is 0 Å². The van der Waals surface area contributed by atoms with Gasteiger partial charge in [-0.1, -0.05) is 29.8 Å². The number of hydrogen-bond donors (Lipinski definition) is 2. The molecular formula is C24H26ClN3O3. The van der Waals surface area contributed by atoms with E-state index >= 15 is 0 Å². The number of anilines is 1. The Bertz CT molecular complexity index is 1170. The quantitative estimate of drug-likeness (QED) is 0.586. The summed E-state index contributed by atoms with van der Waals surface area (Å²) in [4.78, 5) is 30.6. The highest BCUT2D eigenvalue weighted by atomic mass is 35.5. The summed E-state index contributed by atoms with van der Waals surface area (Å²) in [6.07, 6.45) is 1.84. The highest BCUT2D eigenvalue weighted by Gasteiger charge is 2.24. The van der Waals surface area contributed by atoms with Crippen molar-refractivity contribution >= 4 is 34.2 Å². The molecule has 2 aromatic carbocycles. The highest BCUT2D eigenvalue weighted by molar-refractivity contribution is 6.30. The van der Waals surface area contributed by atoms with Crippen LogP contribution < -0.4 is 10.9 Å². The first-order valence-electron chi connectivity index (χ1n) is 10.5. The van der Waals surface area contributed by atoms with Gasteiger partial charge in [-0.25, -0.2) is 4.79 Å². The molecule has 162 valence electrons. The smallest absolute Gasteiger partial charge is 0.322 e. The number of nitrogens with one attached hydrogen (secondary N) is 2. The number of nitrogens with zero attached hydrogens (tertiary/aromatic N) is 1. The van der Waals surface area contributed by atoms with Gasteiger partial charge in [0.1, 0.15) is 0 Å². The van der Waals surface area contributed by atoms with Crippen molar-refractivity contribution in [1.82, 2.24) is 9.88 Å². The van der Waals surface area contributed by atoms with Crippen LogP contribution in [0.1, 0.15) is 29.5 Å². The first-order chi connectivity index (χ1) is 14.9. The van der Waals surface area contributed by atoms with E-state index in [1.807, 2.05) is 32.0 Å². The summed E-state index contributed by atoms with van der Waals surface area (Å²) >= 11 is 6.05. The Morgan fingerprint density at radius 3 is 2.77 bits per heavy atom. The molecule has 1 aliphatic rings. The van der Waals surface area contributed by atoms with E-state index in [-0.39, 0.29) is 24.2 Å². The lowest BCUT2D eigenvalue weighted by Gasteiger charge is -2.26. The van der Waals surface area contributed by atoms with Crippen LogP contribution in [0.4, 0.5) is 10.5 Å². The Kier molecular flexibility index (Phi) is 6.30. The van der Waals surface area contributed by atoms with Gasteiger partial charge in [0.2, 0.25) is 0 Å². The van der Waals surface area contributed by atoms with Gasteiger partial charge in [-0.05, 0) is 62.1 Å². The summed E-state index contributed by atoms with van der Waals surface area (Å²) in [6.45, 7) is 5.28. The predicted octanol–water partition coefficient (Wildman–Crippen LogP) is 5.01. The van der Waals surface area contributed by atoms with Gasteiger partial charge < -0.3 is 19.9 Å². The minimum atomic E-state index is -0.293. The van der Waals surface area contributed by atoms with Crippen LogP contribution in [0.2, 0.25) is 5.02 Å². The fourth-order valence-electron chi connectivity index (χ4n) is 3.96. The third-order valence-corrected chi connectivity index (χ3v) is 5.93. The Hall–Kier alpha value is -2.83. The Morgan fingerprint density at radius 1 is 1.23 bits per heavy atom. The summed E-state index contributed by atoms with van der Waals surface area (Å²) in [5.41, 5.74) is 3.89. The number of carbonyl (C=O) groups is 1. The molecule has 2 N–H and O–H groups in total. The average molecular weight is 440 g/mol. The summed E-state index contributed by atoms with van der Waals surface area (Å²) in [5.74, 6) is 0. The lowest BCUT2D eigenvalue weighted by molar-refractivity contribution is 0.0818. The van der Waals surface area contributed by atoms with Crippen LogP contribution in [0.5, 0.6) is 0 Å². The van der Waals surface area contributed by atoms with Crippen molar-refractivity contribution in [2.24, 2.45) is 0 Å². The summed E-state index contributed by atoms with van der Waals surface area (Å²) in [6, 6.07) is 12.6. The number of pyridine rings is 1. The topological polar surface area (TPSA) is 74.4 Å². The van der Waals surface area contributed by atoms with Crippen LogP contribution in [0, 0.1) is 13.8 Å². The lowest BCUT2D eigenvalue weighted by Crippen LogP contribution is -2.40. The second-order valence-electron chi connectivity index (χ2n) is 8.07. The standard InChI is InChI=1S/C24H26ClN3O3/c1-15-8-9-16(2)22-21(15)11-17(23(29)27-22)13-28(14-20-7-4-10-31-20)24(30)26-19-6-3-5-18(25)12-19/h3,5-6,8-9,11-12,20H,4,7,10,13-14H2,1-2H3,(H,26,30)(H,27,29)/t20-/m1/s1. The number of amides is 2. The maximum absolute atomic E-state index is 13.1. The minimum Gasteiger partial charge on any atom is -0.376 e. The molecule has 31 heavy (non-hydrogen) atoms. The molecule has 4 rings (SSSR count). The summed E-state index contributed by atoms with van der Waals surface area (Å²) in [5, 5.41) is 4.42. The number of carbonyl (C=O) groups excluding carboxylic acids is 1. The Morgan fingerprint density at radius 2 is 2.03 bits per heavy atom. The molecule has 1 aliphatic heterocycles. The van der Waals surface area contributed by atoms with E-state index in [0.717, 1.165) is 34.9 Å². The molecule has 0 saturated carbocycles. The molecule has 0 spiro atoms. The number of H-pyrrole nitrogens is 1. The number of aromatic amines is 1. The van der Waals surface area contributed by atoms with Crippen molar-refractivity contribution < 1.29 is 9.53 Å². The van der Waals surface area contributed by atoms with E-state index in [2.05, 4.69) is 10.3 Å². The molecule has 1 fully saturated rings. The van der Waals surface area contributed by atoms with Gasteiger partial charge in [-0.15, -0.1) is 0 Å². The molecule has 2 amide bonds. The maximum Gasteiger partial charge on any atom is 0.322 e. The maximum atomic E-state index is 13.1. The second kappa shape index (κ2) is 9.12. The number of benzene rings is 2. The molecule has 2 heterocycles. The van der Waals surface area contributed by atoms with Crippen molar-refractivity contribution in [3.63, 3.8) is 0 Å². The van der Waals surface area contributed by atoms with E-state index in [1.54, 1.807) is 29.2 Å². The molecule has 0 radical (unpaired) electrons. The van der Waals surface area contributed by atoms with Crippen LogP contribution in [-0.4, -0.2) is 35.2 Å². The minimum absolute atomic E-state index is 0.0337. The Balaban J connectivity index is 1.63. The molecule has 1 aromatic heterocycles. The van der Waals surface area contributed by atoms with Gasteiger partial charge in [-0.3, -0.25) is 4.79 Å². The summed E-state index contributed by atoms with van der Waals surface area (Å²) in [7, 11) is 0. The molecule has 7 heteroatoms. The molecule has 0 unspecified atom stereocenters. The van der Waals surface area contributed by atoms with Gasteiger partial charge in [0.25, 0.3) is 5.56 Å². The molecule has 0 aliphatic carbocycles. The van der Waals surface area contributed by atoms with Crippen LogP contribution >= 0.6 is 11.6 Å². The summed E-state index contributed by atoms with van der Waals surface area (Å²) < 4.78 is 5.75. The van der Waals surface area contributed by atoms with Crippen molar-refractivity contribution in [3.05, 3.63) is 74.5 Å². The highest BCUT2D eigenvalue weighted by Crippen LogP contribution is 2.22. The number of aromatic nitrogens is 1. The zero-order valence-electron chi connectivity index (χ0n) is 17.7. The molecule has 6 nitrogen and oxygen atoms in total. The number of aryl methyl sites for hydroxylation is 2. The molecule has 1 saturated heterocycles. The van der Waals surface area contributed by atoms with Crippen LogP contribution in [0.25, 0.3) is 10.9 Å². The van der Waals surface area contributed by atoms with Crippen molar-refractivity contribution in [2.75, 3.05) is 18.5 Å². The number of ether oxygens (including phenoxy) is 1. The third-order valence-electron chi connectivity index (χ3n) is 5.69. The fourth-order valence-corrected chi connectivity index (χ4v) is 4.15. The monoisotopic (exact) mass is 439 g/mol. The van der Waals surface area contributed by atoms with Crippen LogP contribution in [0.15, 0.2) is 47.3 Å². The van der Waals surface area contributed by atoms with Crippen LogP contribution in [-0.2, 0) is 11.3 Å². The van der Waals surface area contributed by atoms with Gasteiger partial charge in [0.15, 0.2) is 0 Å². The van der Waals surface area contributed by atoms with Crippen molar-refractivity contribution in [2.45, 2.75) is 39.3 Å². The fraction of sp³-hybridized carbons (Fsp3) is 0.333. The molecule has 0 bridgehead atoms. The largest absolute Gasteiger partial charge is 0.376 e. The number of halogens is 1. The Labute approximate surface area is 186 Å². The number of rotatable bonds is 5. The number of fused-ring (bicyclic) bond motifs is 1. The predicted molar refractivity (Wildman–Crippen MR) is 124 cm³/mol. The first-order valence-corrected chi connectivity index (χ1v) is 10.8. The van der Waals surface area contributed by atoms with E-state index in [9.17, 15) is 9.59 Å². The van der Waals surface area contributed by atoms with Crippen LogP contribution in [0.3, 0.4) is 0 Å². The zero-order valence-corrected chi connectivity index (χ0v) is 18.5.